The Morgan fingerprint density at radius 3 is 1.67 bits per heavy atom. The van der Waals surface area contributed by atoms with Gasteiger partial charge in [-0.05, 0) is 12.8 Å². The summed E-state index contributed by atoms with van der Waals surface area (Å²) in [6.45, 7) is 1.17. The van der Waals surface area contributed by atoms with Crippen molar-refractivity contribution >= 4 is 8.80 Å². The van der Waals surface area contributed by atoms with Crippen LogP contribution in [-0.4, -0.2) is 62.3 Å². The number of nitrogens with zero attached hydrogens (tertiary/aromatic N) is 1. The maximum atomic E-state index is 5.36. The lowest BCUT2D eigenvalue weighted by molar-refractivity contribution is -0.870. The Balaban J connectivity index is 3.82. The van der Waals surface area contributed by atoms with E-state index in [-0.39, 0.29) is 0 Å². The van der Waals surface area contributed by atoms with Gasteiger partial charge in [-0.25, -0.2) is 0 Å². The molecule has 0 heterocycles. The summed E-state index contributed by atoms with van der Waals surface area (Å²) in [5, 5.41) is 0. The zero-order valence-corrected chi connectivity index (χ0v) is 12.0. The highest BCUT2D eigenvalue weighted by Gasteiger charge is 2.36. The molecule has 0 bridgehead atoms. The molecule has 0 aliphatic carbocycles. The summed E-state index contributed by atoms with van der Waals surface area (Å²) >= 11 is 0. The average molecular weight is 236 g/mol. The van der Waals surface area contributed by atoms with Crippen LogP contribution in [0.2, 0.25) is 6.04 Å². The highest BCUT2D eigenvalue weighted by molar-refractivity contribution is 6.60. The quantitative estimate of drug-likeness (QED) is 0.362. The van der Waals surface area contributed by atoms with Gasteiger partial charge in [0.15, 0.2) is 0 Å². The average Bonchev–Trinajstić information content (AvgIpc) is 2.18. The van der Waals surface area contributed by atoms with Crippen molar-refractivity contribution in [3.05, 3.63) is 0 Å². The minimum absolute atomic E-state index is 0.899. The van der Waals surface area contributed by atoms with Gasteiger partial charge in [-0.3, -0.25) is 0 Å². The Kier molecular flexibility index (Phi) is 6.62. The summed E-state index contributed by atoms with van der Waals surface area (Å²) in [5.41, 5.74) is 0. The van der Waals surface area contributed by atoms with E-state index in [4.69, 9.17) is 13.3 Å². The van der Waals surface area contributed by atoms with Gasteiger partial charge in [-0.15, -0.1) is 0 Å². The third-order valence-corrected chi connectivity index (χ3v) is 5.33. The summed E-state index contributed by atoms with van der Waals surface area (Å²) in [6, 6.07) is 0.899. The molecule has 0 aromatic carbocycles. The highest BCUT2D eigenvalue weighted by Crippen LogP contribution is 2.16. The van der Waals surface area contributed by atoms with Crippen LogP contribution in [0.15, 0.2) is 0 Å². The molecule has 0 rings (SSSR count). The summed E-state index contributed by atoms with van der Waals surface area (Å²) in [4.78, 5) is 0. The van der Waals surface area contributed by atoms with Crippen LogP contribution in [-0.2, 0) is 13.3 Å². The molecule has 0 saturated carbocycles. The zero-order chi connectivity index (χ0) is 11.9. The molecule has 15 heavy (non-hydrogen) atoms. The van der Waals surface area contributed by atoms with Crippen LogP contribution < -0.4 is 0 Å². The monoisotopic (exact) mass is 236 g/mol. The third-order valence-electron chi connectivity index (χ3n) is 2.49. The molecule has 0 spiro atoms. The molecule has 0 aromatic heterocycles. The molecular weight excluding hydrogens is 210 g/mol. The van der Waals surface area contributed by atoms with Crippen molar-refractivity contribution < 1.29 is 17.8 Å². The normalized spacial score (nSPS) is 13.2. The van der Waals surface area contributed by atoms with E-state index >= 15 is 0 Å². The molecule has 0 atom stereocenters. The minimum atomic E-state index is -2.32. The van der Waals surface area contributed by atoms with Gasteiger partial charge >= 0.3 is 8.80 Å². The summed E-state index contributed by atoms with van der Waals surface area (Å²) in [6.07, 6.45) is 2.27. The standard InChI is InChI=1S/C10H26NO3Si/c1-11(2,3)9-7-8-10-15(12-4,13-5)14-6/h7-10H2,1-6H3/q+1. The summed E-state index contributed by atoms with van der Waals surface area (Å²) in [5.74, 6) is 0. The molecule has 0 radical (unpaired) electrons. The Morgan fingerprint density at radius 2 is 1.33 bits per heavy atom. The first-order valence-electron chi connectivity index (χ1n) is 5.35. The topological polar surface area (TPSA) is 27.7 Å². The van der Waals surface area contributed by atoms with Crippen LogP contribution in [0, 0.1) is 0 Å². The Labute approximate surface area is 95.1 Å². The Morgan fingerprint density at radius 1 is 0.867 bits per heavy atom. The lowest BCUT2D eigenvalue weighted by atomic mass is 10.3. The lowest BCUT2D eigenvalue weighted by Gasteiger charge is -2.26. The fourth-order valence-corrected chi connectivity index (χ4v) is 3.28. The number of quaternary nitrogens is 1. The molecule has 0 N–H and O–H groups in total. The minimum Gasteiger partial charge on any atom is -0.377 e. The van der Waals surface area contributed by atoms with E-state index in [0.717, 1.165) is 16.9 Å². The Bertz CT molecular complexity index is 158. The molecule has 0 aliphatic rings. The zero-order valence-electron chi connectivity index (χ0n) is 11.0. The fourth-order valence-electron chi connectivity index (χ4n) is 1.48. The van der Waals surface area contributed by atoms with Crippen LogP contribution in [0.25, 0.3) is 0 Å². The number of hydrogen-bond acceptors (Lipinski definition) is 3. The van der Waals surface area contributed by atoms with Crippen molar-refractivity contribution in [1.29, 1.82) is 0 Å². The van der Waals surface area contributed by atoms with Gasteiger partial charge in [0.25, 0.3) is 0 Å². The van der Waals surface area contributed by atoms with Crippen molar-refractivity contribution in [3.63, 3.8) is 0 Å². The van der Waals surface area contributed by atoms with Crippen molar-refractivity contribution in [2.24, 2.45) is 0 Å². The first kappa shape index (κ1) is 15.1. The Hall–Kier alpha value is 0.0569. The molecule has 0 amide bonds. The highest BCUT2D eigenvalue weighted by atomic mass is 28.4. The van der Waals surface area contributed by atoms with Crippen LogP contribution in [0.1, 0.15) is 12.8 Å². The number of rotatable bonds is 8. The molecule has 0 aliphatic heterocycles. The molecule has 0 fully saturated rings. The van der Waals surface area contributed by atoms with E-state index in [1.54, 1.807) is 21.3 Å². The van der Waals surface area contributed by atoms with Crippen molar-refractivity contribution in [2.75, 3.05) is 49.0 Å². The largest absolute Gasteiger partial charge is 0.500 e. The molecule has 5 heteroatoms. The second kappa shape index (κ2) is 6.60. The van der Waals surface area contributed by atoms with Gasteiger partial charge in [0.05, 0.1) is 27.7 Å². The van der Waals surface area contributed by atoms with Crippen LogP contribution >= 0.6 is 0 Å². The van der Waals surface area contributed by atoms with E-state index in [9.17, 15) is 0 Å². The maximum Gasteiger partial charge on any atom is 0.500 e. The van der Waals surface area contributed by atoms with E-state index in [1.165, 1.54) is 13.0 Å². The SMILES string of the molecule is CO[Si](CCCC[N+](C)(C)C)(OC)OC. The molecule has 4 nitrogen and oxygen atoms in total. The lowest BCUT2D eigenvalue weighted by Crippen LogP contribution is -2.43. The van der Waals surface area contributed by atoms with Crippen molar-refractivity contribution in [3.8, 4) is 0 Å². The van der Waals surface area contributed by atoms with E-state index in [0.29, 0.717) is 0 Å². The molecule has 0 saturated heterocycles. The first-order chi connectivity index (χ1) is 6.89. The van der Waals surface area contributed by atoms with Gasteiger partial charge in [0, 0.05) is 27.4 Å². The second-order valence-corrected chi connectivity index (χ2v) is 7.86. The molecule has 0 aromatic rings. The van der Waals surface area contributed by atoms with Gasteiger partial charge in [-0.2, -0.15) is 0 Å². The van der Waals surface area contributed by atoms with E-state index < -0.39 is 8.80 Å². The first-order valence-corrected chi connectivity index (χ1v) is 7.28. The van der Waals surface area contributed by atoms with E-state index in [1.807, 2.05) is 0 Å². The second-order valence-electron chi connectivity index (χ2n) is 4.77. The van der Waals surface area contributed by atoms with Gasteiger partial charge in [-0.1, -0.05) is 0 Å². The van der Waals surface area contributed by atoms with Crippen molar-refractivity contribution in [2.45, 2.75) is 18.9 Å². The van der Waals surface area contributed by atoms with Crippen LogP contribution in [0.4, 0.5) is 0 Å². The smallest absolute Gasteiger partial charge is 0.377 e. The summed E-state index contributed by atoms with van der Waals surface area (Å²) in [7, 11) is 9.28. The van der Waals surface area contributed by atoms with Gasteiger partial charge in [0.2, 0.25) is 0 Å². The van der Waals surface area contributed by atoms with E-state index in [2.05, 4.69) is 21.1 Å². The summed E-state index contributed by atoms with van der Waals surface area (Å²) < 4.78 is 17.1. The van der Waals surface area contributed by atoms with Crippen molar-refractivity contribution in [1.82, 2.24) is 0 Å². The molecular formula is C10H26NO3Si+. The fraction of sp³-hybridized carbons (Fsp3) is 1.00. The third kappa shape index (κ3) is 6.27. The van der Waals surface area contributed by atoms with Crippen LogP contribution in [0.3, 0.4) is 0 Å². The predicted octanol–water partition coefficient (Wildman–Crippen LogP) is 1.35. The predicted molar refractivity (Wildman–Crippen MR) is 63.7 cm³/mol. The van der Waals surface area contributed by atoms with Gasteiger partial charge in [0.1, 0.15) is 0 Å². The number of hydrogen-bond donors (Lipinski definition) is 0. The van der Waals surface area contributed by atoms with Crippen LogP contribution in [0.5, 0.6) is 0 Å². The molecule has 0 unspecified atom stereocenters. The van der Waals surface area contributed by atoms with Gasteiger partial charge < -0.3 is 17.8 Å². The number of unbranched alkanes of at least 4 members (excludes halogenated alkanes) is 1. The maximum absolute atomic E-state index is 5.36. The molecule has 92 valence electrons.